The highest BCUT2D eigenvalue weighted by Crippen LogP contribution is 2.17. The predicted molar refractivity (Wildman–Crippen MR) is 127 cm³/mol. The summed E-state index contributed by atoms with van der Waals surface area (Å²) in [5, 5.41) is 0. The van der Waals surface area contributed by atoms with E-state index in [4.69, 9.17) is 4.74 Å². The molecule has 0 heterocycles. The Bertz CT molecular complexity index is 1030. The molecule has 0 spiro atoms. The molecule has 0 aliphatic carbocycles. The van der Waals surface area contributed by atoms with Crippen molar-refractivity contribution in [3.63, 3.8) is 0 Å². The van der Waals surface area contributed by atoms with E-state index < -0.39 is 0 Å². The second-order valence-electron chi connectivity index (χ2n) is 7.40. The highest BCUT2D eigenvalue weighted by molar-refractivity contribution is 6.09. The molecule has 0 unspecified atom stereocenters. The Morgan fingerprint density at radius 3 is 1.84 bits per heavy atom. The first kappa shape index (κ1) is 23.8. The second kappa shape index (κ2) is 11.7. The van der Waals surface area contributed by atoms with Gasteiger partial charge in [0.25, 0.3) is 0 Å². The van der Waals surface area contributed by atoms with Crippen LogP contribution >= 0.6 is 0 Å². The predicted octanol–water partition coefficient (Wildman–Crippen LogP) is 7.28. The minimum atomic E-state index is -0.0183. The molecule has 0 fully saturated rings. The second-order valence-corrected chi connectivity index (χ2v) is 7.40. The number of ether oxygens (including phenoxy) is 1. The van der Waals surface area contributed by atoms with E-state index >= 15 is 0 Å². The van der Waals surface area contributed by atoms with Crippen LogP contribution in [0.5, 0.6) is 5.75 Å². The van der Waals surface area contributed by atoms with E-state index in [0.29, 0.717) is 17.5 Å². The van der Waals surface area contributed by atoms with Crippen molar-refractivity contribution in [2.45, 2.75) is 41.0 Å². The van der Waals surface area contributed by atoms with Crippen molar-refractivity contribution in [3.8, 4) is 5.75 Å². The first-order valence-electron chi connectivity index (χ1n) is 10.4. The summed E-state index contributed by atoms with van der Waals surface area (Å²) in [6.45, 7) is 9.44. The van der Waals surface area contributed by atoms with E-state index in [1.807, 2.05) is 82.3 Å². The maximum Gasteiger partial charge on any atom is 0.188 e. The number of allylic oxidation sites excluding steroid dienone is 8. The Balaban J connectivity index is 2.11. The van der Waals surface area contributed by atoms with Crippen LogP contribution in [0.3, 0.4) is 0 Å². The van der Waals surface area contributed by atoms with Gasteiger partial charge in [0.15, 0.2) is 11.6 Å². The standard InChI is InChI=1S/C28H30O3/c1-6-24(28(30)26-18-16-25(17-19-26)23(5)29)15-13-21(3)20(2)12-14-22(4)31-27-10-8-7-9-11-27/h7-19H,6H2,1-5H3/b20-12+,21-13+,22-14+,24-15+. The third-order valence-electron chi connectivity index (χ3n) is 4.97. The first-order valence-corrected chi connectivity index (χ1v) is 10.4. The Hall–Kier alpha value is -3.46. The fourth-order valence-electron chi connectivity index (χ4n) is 2.84. The maximum absolute atomic E-state index is 12.8. The van der Waals surface area contributed by atoms with Crippen molar-refractivity contribution in [1.29, 1.82) is 0 Å². The van der Waals surface area contributed by atoms with Crippen LogP contribution in [0.25, 0.3) is 0 Å². The lowest BCUT2D eigenvalue weighted by atomic mass is 9.98. The molecule has 0 saturated heterocycles. The van der Waals surface area contributed by atoms with Gasteiger partial charge in [-0.1, -0.05) is 67.6 Å². The van der Waals surface area contributed by atoms with Crippen molar-refractivity contribution in [2.75, 3.05) is 0 Å². The van der Waals surface area contributed by atoms with Crippen LogP contribution in [-0.4, -0.2) is 11.6 Å². The highest BCUT2D eigenvalue weighted by Gasteiger charge is 2.10. The van der Waals surface area contributed by atoms with Crippen LogP contribution in [-0.2, 0) is 0 Å². The molecule has 0 amide bonds. The zero-order valence-corrected chi connectivity index (χ0v) is 18.9. The van der Waals surface area contributed by atoms with E-state index in [0.717, 1.165) is 28.2 Å². The molecule has 160 valence electrons. The zero-order chi connectivity index (χ0) is 22.8. The fraction of sp³-hybridized carbons (Fsp3) is 0.214. The summed E-state index contributed by atoms with van der Waals surface area (Å²) in [6.07, 6.45) is 8.42. The molecule has 0 aromatic heterocycles. The van der Waals surface area contributed by atoms with E-state index in [9.17, 15) is 9.59 Å². The number of carbonyl (C=O) groups is 2. The fourth-order valence-corrected chi connectivity index (χ4v) is 2.84. The third kappa shape index (κ3) is 7.38. The number of hydrogen-bond donors (Lipinski definition) is 0. The molecule has 2 aromatic rings. The van der Waals surface area contributed by atoms with Gasteiger partial charge < -0.3 is 4.74 Å². The van der Waals surface area contributed by atoms with Gasteiger partial charge in [0.05, 0.1) is 0 Å². The van der Waals surface area contributed by atoms with Crippen LogP contribution in [0, 0.1) is 0 Å². The Morgan fingerprint density at radius 1 is 0.742 bits per heavy atom. The molecule has 0 aliphatic heterocycles. The van der Waals surface area contributed by atoms with Gasteiger partial charge in [0.2, 0.25) is 0 Å². The first-order chi connectivity index (χ1) is 14.8. The third-order valence-corrected chi connectivity index (χ3v) is 4.97. The average molecular weight is 415 g/mol. The molecule has 0 bridgehead atoms. The molecule has 0 aliphatic rings. The lowest BCUT2D eigenvalue weighted by molar-refractivity contribution is 0.101. The van der Waals surface area contributed by atoms with Crippen molar-refractivity contribution in [2.24, 2.45) is 0 Å². The number of para-hydroxylation sites is 1. The Labute approximate surface area is 185 Å². The minimum Gasteiger partial charge on any atom is -0.462 e. The summed E-state index contributed by atoms with van der Waals surface area (Å²) in [7, 11) is 0. The number of carbonyl (C=O) groups excluding carboxylic acids is 2. The lowest BCUT2D eigenvalue weighted by Gasteiger charge is -2.06. The van der Waals surface area contributed by atoms with Gasteiger partial charge in [-0.2, -0.15) is 0 Å². The molecule has 0 N–H and O–H groups in total. The number of ketones is 2. The SMILES string of the molecule is CC\C(=C/C=C(C)/C(C)=C/C=C(\C)Oc1ccccc1)C(=O)c1ccc(C(C)=O)cc1. The molecular formula is C28H30O3. The molecule has 3 nitrogen and oxygen atoms in total. The number of Topliss-reactive ketones (excluding diaryl/α,β-unsaturated/α-hetero) is 2. The number of benzene rings is 2. The van der Waals surface area contributed by atoms with E-state index in [-0.39, 0.29) is 11.6 Å². The van der Waals surface area contributed by atoms with Crippen LogP contribution in [0.1, 0.15) is 61.8 Å². The largest absolute Gasteiger partial charge is 0.462 e. The normalized spacial score (nSPS) is 13.2. The number of rotatable bonds is 9. The molecule has 0 saturated carbocycles. The van der Waals surface area contributed by atoms with Crippen molar-refractivity contribution in [3.05, 3.63) is 113 Å². The van der Waals surface area contributed by atoms with E-state index in [2.05, 4.69) is 0 Å². The molecule has 2 rings (SSSR count). The molecule has 31 heavy (non-hydrogen) atoms. The summed E-state index contributed by atoms with van der Waals surface area (Å²) in [5.41, 5.74) is 4.07. The van der Waals surface area contributed by atoms with Crippen LogP contribution in [0.2, 0.25) is 0 Å². The van der Waals surface area contributed by atoms with Gasteiger partial charge in [0.1, 0.15) is 11.5 Å². The lowest BCUT2D eigenvalue weighted by Crippen LogP contribution is -2.03. The van der Waals surface area contributed by atoms with Crippen LogP contribution in [0.4, 0.5) is 0 Å². The molecular weight excluding hydrogens is 384 g/mol. The molecule has 0 radical (unpaired) electrons. The van der Waals surface area contributed by atoms with Crippen LogP contribution < -0.4 is 4.74 Å². The molecule has 0 atom stereocenters. The van der Waals surface area contributed by atoms with Gasteiger partial charge in [-0.15, -0.1) is 0 Å². The van der Waals surface area contributed by atoms with E-state index in [1.165, 1.54) is 6.92 Å². The van der Waals surface area contributed by atoms with Gasteiger partial charge in [-0.25, -0.2) is 0 Å². The van der Waals surface area contributed by atoms with Crippen molar-refractivity contribution < 1.29 is 14.3 Å². The molecule has 2 aromatic carbocycles. The summed E-state index contributed by atoms with van der Waals surface area (Å²) in [5.74, 6) is 1.58. The quantitative estimate of drug-likeness (QED) is 0.187. The summed E-state index contributed by atoms with van der Waals surface area (Å²) in [6, 6.07) is 16.5. The topological polar surface area (TPSA) is 43.4 Å². The Morgan fingerprint density at radius 2 is 1.29 bits per heavy atom. The Kier molecular flexibility index (Phi) is 8.95. The van der Waals surface area contributed by atoms with Gasteiger partial charge >= 0.3 is 0 Å². The zero-order valence-electron chi connectivity index (χ0n) is 18.9. The van der Waals surface area contributed by atoms with Crippen LogP contribution in [0.15, 0.2) is 101 Å². The van der Waals surface area contributed by atoms with Gasteiger partial charge in [-0.3, -0.25) is 9.59 Å². The average Bonchev–Trinajstić information content (AvgIpc) is 2.78. The van der Waals surface area contributed by atoms with Gasteiger partial charge in [-0.05, 0) is 69.0 Å². The smallest absolute Gasteiger partial charge is 0.188 e. The summed E-state index contributed by atoms with van der Waals surface area (Å²) in [4.78, 5) is 24.2. The maximum atomic E-state index is 12.8. The number of hydrogen-bond acceptors (Lipinski definition) is 3. The monoisotopic (exact) mass is 414 g/mol. The summed E-state index contributed by atoms with van der Waals surface area (Å²) < 4.78 is 5.78. The molecule has 3 heteroatoms. The minimum absolute atomic E-state index is 0.00969. The summed E-state index contributed by atoms with van der Waals surface area (Å²) >= 11 is 0. The van der Waals surface area contributed by atoms with Crippen molar-refractivity contribution in [1.82, 2.24) is 0 Å². The highest BCUT2D eigenvalue weighted by atomic mass is 16.5. The van der Waals surface area contributed by atoms with Crippen molar-refractivity contribution >= 4 is 11.6 Å². The van der Waals surface area contributed by atoms with E-state index in [1.54, 1.807) is 24.3 Å². The van der Waals surface area contributed by atoms with Gasteiger partial charge in [0, 0.05) is 11.1 Å².